The second-order valence-corrected chi connectivity index (χ2v) is 11.3. The van der Waals surface area contributed by atoms with Crippen molar-refractivity contribution in [1.82, 2.24) is 4.98 Å². The van der Waals surface area contributed by atoms with Crippen molar-refractivity contribution in [2.75, 3.05) is 13.2 Å². The normalized spacial score (nSPS) is 11.9. The fraction of sp³-hybridized carbons (Fsp3) is 0.514. The van der Waals surface area contributed by atoms with Gasteiger partial charge in [-0.05, 0) is 55.5 Å². The Morgan fingerprint density at radius 2 is 1.27 bits per heavy atom. The molecule has 0 bridgehead atoms. The number of unbranched alkanes of at least 4 members (excludes halogenated alkanes) is 10. The minimum atomic E-state index is -0.323. The van der Waals surface area contributed by atoms with Crippen LogP contribution in [-0.4, -0.2) is 30.3 Å². The van der Waals surface area contributed by atoms with Gasteiger partial charge in [-0.25, -0.2) is 4.79 Å². The van der Waals surface area contributed by atoms with Gasteiger partial charge in [-0.3, -0.25) is 4.98 Å². The summed E-state index contributed by atoms with van der Waals surface area (Å²) in [5.41, 5.74) is 6.03. The Labute approximate surface area is 248 Å². The van der Waals surface area contributed by atoms with Crippen LogP contribution in [0.5, 0.6) is 0 Å². The van der Waals surface area contributed by atoms with Gasteiger partial charge in [0.05, 0.1) is 17.4 Å². The highest BCUT2D eigenvalue weighted by atomic mass is 16.6. The average Bonchev–Trinajstić information content (AvgIpc) is 3.02. The third-order valence-corrected chi connectivity index (χ3v) is 7.64. The number of esters is 1. The summed E-state index contributed by atoms with van der Waals surface area (Å²) in [5, 5.41) is 0. The number of aryl methyl sites for hydroxylation is 1. The van der Waals surface area contributed by atoms with Gasteiger partial charge in [-0.2, -0.15) is 0 Å². The smallest absolute Gasteiger partial charge is 0.338 e. The Bertz CT molecular complexity index is 1110. The van der Waals surface area contributed by atoms with Crippen LogP contribution in [0.2, 0.25) is 0 Å². The first-order chi connectivity index (χ1) is 20.1. The molecule has 0 saturated carbocycles. The fourth-order valence-electron chi connectivity index (χ4n) is 4.96. The van der Waals surface area contributed by atoms with Gasteiger partial charge >= 0.3 is 5.97 Å². The van der Waals surface area contributed by atoms with Crippen LogP contribution >= 0.6 is 0 Å². The van der Waals surface area contributed by atoms with Crippen LogP contribution in [0.3, 0.4) is 0 Å². The molecule has 1 atom stereocenters. The summed E-state index contributed by atoms with van der Waals surface area (Å²) >= 11 is 0. The highest BCUT2D eigenvalue weighted by Crippen LogP contribution is 2.24. The van der Waals surface area contributed by atoms with Gasteiger partial charge in [0.2, 0.25) is 0 Å². The van der Waals surface area contributed by atoms with Gasteiger partial charge in [-0.1, -0.05) is 121 Å². The lowest BCUT2D eigenvalue weighted by Gasteiger charge is -2.13. The number of benzene rings is 2. The van der Waals surface area contributed by atoms with Crippen LogP contribution < -0.4 is 0 Å². The van der Waals surface area contributed by atoms with E-state index < -0.39 is 0 Å². The molecule has 0 aliphatic heterocycles. The molecule has 0 aliphatic rings. The molecule has 4 heteroatoms. The van der Waals surface area contributed by atoms with Crippen molar-refractivity contribution in [3.05, 3.63) is 78.0 Å². The highest BCUT2D eigenvalue weighted by Gasteiger charge is 2.11. The molecule has 0 spiro atoms. The van der Waals surface area contributed by atoms with Gasteiger partial charge in [0.25, 0.3) is 0 Å². The SMILES string of the molecule is CCCCCCCCCCCCOC(C)COC(=O)c1ccc(-c2ccc(-c3ccc(CCCC)cc3)cn2)cc1. The molecule has 2 aromatic carbocycles. The number of hydrogen-bond acceptors (Lipinski definition) is 4. The number of nitrogens with zero attached hydrogens (tertiary/aromatic N) is 1. The monoisotopic (exact) mass is 557 g/mol. The van der Waals surface area contributed by atoms with Gasteiger partial charge in [0.1, 0.15) is 6.61 Å². The zero-order chi connectivity index (χ0) is 29.1. The Morgan fingerprint density at radius 3 is 1.88 bits per heavy atom. The second-order valence-electron chi connectivity index (χ2n) is 11.3. The number of carbonyl (C=O) groups excluding carboxylic acids is 1. The molecule has 0 radical (unpaired) electrons. The molecular weight excluding hydrogens is 506 g/mol. The summed E-state index contributed by atoms with van der Waals surface area (Å²) in [4.78, 5) is 17.2. The van der Waals surface area contributed by atoms with Crippen molar-refractivity contribution in [1.29, 1.82) is 0 Å². The van der Waals surface area contributed by atoms with Crippen LogP contribution in [0.4, 0.5) is 0 Å². The summed E-state index contributed by atoms with van der Waals surface area (Å²) in [6, 6.07) is 20.3. The number of pyridine rings is 1. The van der Waals surface area contributed by atoms with Crippen molar-refractivity contribution >= 4 is 5.97 Å². The summed E-state index contributed by atoms with van der Waals surface area (Å²) in [6.07, 6.45) is 18.4. The number of ether oxygens (including phenoxy) is 2. The lowest BCUT2D eigenvalue weighted by Crippen LogP contribution is -2.19. The van der Waals surface area contributed by atoms with E-state index in [4.69, 9.17) is 9.47 Å². The molecule has 0 N–H and O–H groups in total. The van der Waals surface area contributed by atoms with E-state index in [2.05, 4.69) is 49.2 Å². The average molecular weight is 558 g/mol. The Hall–Kier alpha value is -2.98. The summed E-state index contributed by atoms with van der Waals surface area (Å²) in [7, 11) is 0. The first-order valence-corrected chi connectivity index (χ1v) is 16.0. The molecule has 222 valence electrons. The molecule has 41 heavy (non-hydrogen) atoms. The minimum absolute atomic E-state index is 0.105. The van der Waals surface area contributed by atoms with Gasteiger partial charge in [-0.15, -0.1) is 0 Å². The van der Waals surface area contributed by atoms with E-state index in [1.165, 1.54) is 81.8 Å². The van der Waals surface area contributed by atoms with Crippen molar-refractivity contribution < 1.29 is 14.3 Å². The second kappa shape index (κ2) is 19.2. The zero-order valence-electron chi connectivity index (χ0n) is 25.7. The zero-order valence-corrected chi connectivity index (χ0v) is 25.7. The third-order valence-electron chi connectivity index (χ3n) is 7.64. The Balaban J connectivity index is 1.33. The minimum Gasteiger partial charge on any atom is -0.459 e. The predicted molar refractivity (Wildman–Crippen MR) is 171 cm³/mol. The lowest BCUT2D eigenvalue weighted by atomic mass is 10.0. The fourth-order valence-corrected chi connectivity index (χ4v) is 4.96. The molecule has 1 unspecified atom stereocenters. The molecule has 0 fully saturated rings. The van der Waals surface area contributed by atoms with E-state index >= 15 is 0 Å². The summed E-state index contributed by atoms with van der Waals surface area (Å²) in [6.45, 7) is 7.43. The molecule has 3 aromatic rings. The maximum Gasteiger partial charge on any atom is 0.338 e. The van der Waals surface area contributed by atoms with Gasteiger partial charge < -0.3 is 9.47 Å². The Morgan fingerprint density at radius 1 is 0.683 bits per heavy atom. The number of hydrogen-bond donors (Lipinski definition) is 0. The van der Waals surface area contributed by atoms with Crippen LogP contribution in [0.15, 0.2) is 66.9 Å². The molecule has 1 heterocycles. The topological polar surface area (TPSA) is 48.4 Å². The molecule has 0 aliphatic carbocycles. The largest absolute Gasteiger partial charge is 0.459 e. The van der Waals surface area contributed by atoms with Crippen LogP contribution in [0, 0.1) is 0 Å². The van der Waals surface area contributed by atoms with Gasteiger partial charge in [0, 0.05) is 23.9 Å². The molecular formula is C37H51NO3. The lowest BCUT2D eigenvalue weighted by molar-refractivity contribution is -0.00140. The van der Waals surface area contributed by atoms with Crippen molar-refractivity contribution in [3.63, 3.8) is 0 Å². The van der Waals surface area contributed by atoms with E-state index in [0.717, 1.165) is 36.3 Å². The van der Waals surface area contributed by atoms with E-state index in [1.54, 1.807) is 12.1 Å². The van der Waals surface area contributed by atoms with E-state index in [-0.39, 0.29) is 18.7 Å². The first-order valence-electron chi connectivity index (χ1n) is 16.0. The molecule has 1 aromatic heterocycles. The molecule has 4 nitrogen and oxygen atoms in total. The standard InChI is InChI=1S/C37H51NO3/c1-4-6-8-9-10-11-12-13-14-15-27-40-30(3)29-41-37(39)34-23-21-33(22-24-34)36-26-25-35(28-38-36)32-19-17-31(18-20-32)16-7-5-2/h17-26,28,30H,4-16,27,29H2,1-3H3. The highest BCUT2D eigenvalue weighted by molar-refractivity contribution is 5.90. The maximum atomic E-state index is 12.5. The van der Waals surface area contributed by atoms with Gasteiger partial charge in [0.15, 0.2) is 0 Å². The Kier molecular flexibility index (Phi) is 15.2. The summed E-state index contributed by atoms with van der Waals surface area (Å²) in [5.74, 6) is -0.323. The van der Waals surface area contributed by atoms with Crippen molar-refractivity contribution in [2.24, 2.45) is 0 Å². The third kappa shape index (κ3) is 12.2. The summed E-state index contributed by atoms with van der Waals surface area (Å²) < 4.78 is 11.4. The number of aromatic nitrogens is 1. The van der Waals surface area contributed by atoms with Crippen LogP contribution in [-0.2, 0) is 15.9 Å². The number of rotatable bonds is 20. The van der Waals surface area contributed by atoms with Crippen molar-refractivity contribution in [3.8, 4) is 22.4 Å². The van der Waals surface area contributed by atoms with E-state index in [1.807, 2.05) is 31.3 Å². The quantitative estimate of drug-likeness (QED) is 0.102. The predicted octanol–water partition coefficient (Wildman–Crippen LogP) is 10.2. The first kappa shape index (κ1) is 32.5. The molecule has 0 amide bonds. The van der Waals surface area contributed by atoms with E-state index in [9.17, 15) is 4.79 Å². The van der Waals surface area contributed by atoms with Crippen molar-refractivity contribution in [2.45, 2.75) is 110 Å². The van der Waals surface area contributed by atoms with E-state index in [0.29, 0.717) is 5.56 Å². The van der Waals surface area contributed by atoms with Crippen LogP contribution in [0.1, 0.15) is 114 Å². The number of carbonyl (C=O) groups is 1. The molecule has 3 rings (SSSR count). The molecule has 0 saturated heterocycles. The van der Waals surface area contributed by atoms with Crippen LogP contribution in [0.25, 0.3) is 22.4 Å². The maximum absolute atomic E-state index is 12.5.